The summed E-state index contributed by atoms with van der Waals surface area (Å²) in [5.74, 6) is -0.513. The third-order valence-corrected chi connectivity index (χ3v) is 3.18. The molecule has 5 heteroatoms. The van der Waals surface area contributed by atoms with Crippen LogP contribution in [0.1, 0.15) is 49.7 Å². The van der Waals surface area contributed by atoms with Gasteiger partial charge in [0.05, 0.1) is 11.3 Å². The SMILES string of the molecule is CCC(C)(CC)Nc1ncc(C(=O)O)c(C)n1. The summed E-state index contributed by atoms with van der Waals surface area (Å²) in [5, 5.41) is 12.1. The van der Waals surface area contributed by atoms with Crippen molar-refractivity contribution in [3.63, 3.8) is 0 Å². The smallest absolute Gasteiger partial charge is 0.339 e. The van der Waals surface area contributed by atoms with Crippen LogP contribution in [-0.4, -0.2) is 26.6 Å². The van der Waals surface area contributed by atoms with E-state index in [1.54, 1.807) is 6.92 Å². The van der Waals surface area contributed by atoms with Crippen LogP contribution >= 0.6 is 0 Å². The van der Waals surface area contributed by atoms with Crippen molar-refractivity contribution in [3.05, 3.63) is 17.5 Å². The number of hydrogen-bond acceptors (Lipinski definition) is 4. The van der Waals surface area contributed by atoms with E-state index in [1.807, 2.05) is 0 Å². The number of nitrogens with zero attached hydrogens (tertiary/aromatic N) is 2. The minimum absolute atomic E-state index is 0.0584. The molecule has 2 N–H and O–H groups in total. The van der Waals surface area contributed by atoms with Gasteiger partial charge in [-0.15, -0.1) is 0 Å². The van der Waals surface area contributed by atoms with Gasteiger partial charge in [-0.25, -0.2) is 14.8 Å². The van der Waals surface area contributed by atoms with Crippen LogP contribution in [-0.2, 0) is 0 Å². The summed E-state index contributed by atoms with van der Waals surface area (Å²) in [4.78, 5) is 19.0. The first kappa shape index (κ1) is 13.4. The molecule has 0 aliphatic carbocycles. The van der Waals surface area contributed by atoms with Crippen molar-refractivity contribution < 1.29 is 9.90 Å². The van der Waals surface area contributed by atoms with Crippen LogP contribution in [0.3, 0.4) is 0 Å². The molecule has 0 unspecified atom stereocenters. The summed E-state index contributed by atoms with van der Waals surface area (Å²) >= 11 is 0. The van der Waals surface area contributed by atoms with Crippen LogP contribution in [0.25, 0.3) is 0 Å². The van der Waals surface area contributed by atoms with Crippen molar-refractivity contribution in [3.8, 4) is 0 Å². The molecule has 1 heterocycles. The number of aromatic nitrogens is 2. The topological polar surface area (TPSA) is 75.1 Å². The molecule has 0 amide bonds. The fraction of sp³-hybridized carbons (Fsp3) is 0.583. The number of aromatic carboxylic acids is 1. The highest BCUT2D eigenvalue weighted by Crippen LogP contribution is 2.19. The molecule has 0 fully saturated rings. The predicted molar refractivity (Wildman–Crippen MR) is 66.3 cm³/mol. The van der Waals surface area contributed by atoms with Crippen LogP contribution in [0.15, 0.2) is 6.20 Å². The summed E-state index contributed by atoms with van der Waals surface area (Å²) in [6.45, 7) is 7.95. The van der Waals surface area contributed by atoms with Gasteiger partial charge in [0.15, 0.2) is 0 Å². The lowest BCUT2D eigenvalue weighted by Crippen LogP contribution is -2.34. The van der Waals surface area contributed by atoms with E-state index in [0.29, 0.717) is 11.6 Å². The zero-order valence-electron chi connectivity index (χ0n) is 10.7. The van der Waals surface area contributed by atoms with E-state index < -0.39 is 5.97 Å². The third-order valence-electron chi connectivity index (χ3n) is 3.18. The Kier molecular flexibility index (Phi) is 4.04. The molecule has 0 bridgehead atoms. The highest BCUT2D eigenvalue weighted by Gasteiger charge is 2.20. The summed E-state index contributed by atoms with van der Waals surface area (Å²) < 4.78 is 0. The van der Waals surface area contributed by atoms with Gasteiger partial charge >= 0.3 is 5.97 Å². The molecule has 0 spiro atoms. The molecule has 0 aromatic carbocycles. The van der Waals surface area contributed by atoms with E-state index in [-0.39, 0.29) is 11.1 Å². The first-order valence-corrected chi connectivity index (χ1v) is 5.77. The van der Waals surface area contributed by atoms with Crippen LogP contribution in [0.5, 0.6) is 0 Å². The normalized spacial score (nSPS) is 11.3. The minimum Gasteiger partial charge on any atom is -0.478 e. The first-order valence-electron chi connectivity index (χ1n) is 5.77. The third kappa shape index (κ3) is 3.15. The Bertz CT molecular complexity index is 414. The van der Waals surface area contributed by atoms with E-state index in [0.717, 1.165) is 12.8 Å². The highest BCUT2D eigenvalue weighted by molar-refractivity contribution is 5.88. The molecule has 1 rings (SSSR count). The number of hydrogen-bond donors (Lipinski definition) is 2. The number of anilines is 1. The lowest BCUT2D eigenvalue weighted by atomic mass is 9.96. The number of aryl methyl sites for hydroxylation is 1. The molecule has 0 aliphatic rings. The van der Waals surface area contributed by atoms with Crippen molar-refractivity contribution in [1.29, 1.82) is 0 Å². The number of nitrogens with one attached hydrogen (secondary N) is 1. The highest BCUT2D eigenvalue weighted by atomic mass is 16.4. The quantitative estimate of drug-likeness (QED) is 0.822. The van der Waals surface area contributed by atoms with Crippen molar-refractivity contribution in [2.45, 2.75) is 46.1 Å². The molecular weight excluding hydrogens is 218 g/mol. The lowest BCUT2D eigenvalue weighted by molar-refractivity contribution is 0.0695. The molecule has 0 radical (unpaired) electrons. The van der Waals surface area contributed by atoms with Gasteiger partial charge in [-0.05, 0) is 26.7 Å². The minimum atomic E-state index is -0.997. The number of carboxylic acid groups (broad SMARTS) is 1. The zero-order chi connectivity index (χ0) is 13.1. The van der Waals surface area contributed by atoms with E-state index in [2.05, 4.69) is 36.1 Å². The maximum Gasteiger partial charge on any atom is 0.339 e. The molecule has 0 aliphatic heterocycles. The average Bonchev–Trinajstić information content (AvgIpc) is 2.28. The molecule has 5 nitrogen and oxygen atoms in total. The Morgan fingerprint density at radius 2 is 2.06 bits per heavy atom. The van der Waals surface area contributed by atoms with Gasteiger partial charge in [-0.3, -0.25) is 0 Å². The summed E-state index contributed by atoms with van der Waals surface area (Å²) in [5.41, 5.74) is 0.562. The van der Waals surface area contributed by atoms with Gasteiger partial charge in [-0.1, -0.05) is 13.8 Å². The number of rotatable bonds is 5. The van der Waals surface area contributed by atoms with Crippen molar-refractivity contribution in [2.24, 2.45) is 0 Å². The van der Waals surface area contributed by atoms with E-state index in [1.165, 1.54) is 6.20 Å². The molecule has 17 heavy (non-hydrogen) atoms. The largest absolute Gasteiger partial charge is 0.478 e. The summed E-state index contributed by atoms with van der Waals surface area (Å²) in [6, 6.07) is 0. The molecule has 1 aromatic heterocycles. The Morgan fingerprint density at radius 3 is 2.47 bits per heavy atom. The fourth-order valence-electron chi connectivity index (χ4n) is 1.43. The molecule has 0 atom stereocenters. The monoisotopic (exact) mass is 237 g/mol. The van der Waals surface area contributed by atoms with Gasteiger partial charge in [-0.2, -0.15) is 0 Å². The maximum atomic E-state index is 10.8. The Morgan fingerprint density at radius 1 is 1.47 bits per heavy atom. The second-order valence-corrected chi connectivity index (χ2v) is 4.39. The number of carbonyl (C=O) groups is 1. The second-order valence-electron chi connectivity index (χ2n) is 4.39. The van der Waals surface area contributed by atoms with Gasteiger partial charge in [0.1, 0.15) is 0 Å². The molecule has 1 aromatic rings. The standard InChI is InChI=1S/C12H19N3O2/c1-5-12(4,6-2)15-11-13-7-9(10(16)17)8(3)14-11/h7H,5-6H2,1-4H3,(H,16,17)(H,13,14,15). The van der Waals surface area contributed by atoms with Crippen LogP contribution in [0.4, 0.5) is 5.95 Å². The van der Waals surface area contributed by atoms with Gasteiger partial charge in [0.25, 0.3) is 0 Å². The molecule has 0 saturated carbocycles. The lowest BCUT2D eigenvalue weighted by Gasteiger charge is -2.28. The Balaban J connectivity index is 2.95. The maximum absolute atomic E-state index is 10.8. The van der Waals surface area contributed by atoms with Crippen molar-refractivity contribution in [1.82, 2.24) is 9.97 Å². The van der Waals surface area contributed by atoms with Crippen LogP contribution in [0, 0.1) is 6.92 Å². The number of carboxylic acids is 1. The van der Waals surface area contributed by atoms with E-state index in [9.17, 15) is 4.79 Å². The van der Waals surface area contributed by atoms with E-state index in [4.69, 9.17) is 5.11 Å². The Labute approximate surface area is 101 Å². The molecule has 94 valence electrons. The van der Waals surface area contributed by atoms with Gasteiger partial charge < -0.3 is 10.4 Å². The average molecular weight is 237 g/mol. The molecule has 0 saturated heterocycles. The van der Waals surface area contributed by atoms with E-state index >= 15 is 0 Å². The zero-order valence-corrected chi connectivity index (χ0v) is 10.7. The molecular formula is C12H19N3O2. The predicted octanol–water partition coefficient (Wildman–Crippen LogP) is 2.47. The first-order chi connectivity index (χ1) is 7.91. The van der Waals surface area contributed by atoms with Crippen molar-refractivity contribution in [2.75, 3.05) is 5.32 Å². The fourth-order valence-corrected chi connectivity index (χ4v) is 1.43. The van der Waals surface area contributed by atoms with Crippen molar-refractivity contribution >= 4 is 11.9 Å². The van der Waals surface area contributed by atoms with Gasteiger partial charge in [0, 0.05) is 11.7 Å². The summed E-state index contributed by atoms with van der Waals surface area (Å²) in [7, 11) is 0. The summed E-state index contributed by atoms with van der Waals surface area (Å²) in [6.07, 6.45) is 3.25. The van der Waals surface area contributed by atoms with Gasteiger partial charge in [0.2, 0.25) is 5.95 Å². The second kappa shape index (κ2) is 5.12. The van der Waals surface area contributed by atoms with Crippen LogP contribution in [0.2, 0.25) is 0 Å². The Hall–Kier alpha value is -1.65. The van der Waals surface area contributed by atoms with Crippen LogP contribution < -0.4 is 5.32 Å².